The second-order valence-corrected chi connectivity index (χ2v) is 12.4. The summed E-state index contributed by atoms with van der Waals surface area (Å²) in [7, 11) is 0. The number of halogens is 1. The average molecular weight is 652 g/mol. The Bertz CT molecular complexity index is 2270. The fourth-order valence-corrected chi connectivity index (χ4v) is 6.56. The van der Waals surface area contributed by atoms with Crippen LogP contribution in [0.3, 0.4) is 0 Å². The first-order chi connectivity index (χ1) is 24.1. The van der Waals surface area contributed by atoms with Crippen LogP contribution in [0.5, 0.6) is 5.75 Å². The van der Waals surface area contributed by atoms with Crippen LogP contribution in [0.25, 0.3) is 55.4 Å². The fourth-order valence-electron chi connectivity index (χ4n) is 6.56. The molecule has 0 spiro atoms. The molecule has 4 aromatic heterocycles. The monoisotopic (exact) mass is 651 g/mol. The molecule has 3 aromatic carbocycles. The van der Waals surface area contributed by atoms with Crippen molar-refractivity contribution in [2.45, 2.75) is 19.3 Å². The van der Waals surface area contributed by atoms with Gasteiger partial charge in [0.25, 0.3) is 0 Å². The molecule has 1 saturated heterocycles. The zero-order valence-electron chi connectivity index (χ0n) is 26.7. The number of fused-ring (bicyclic) bond motifs is 2. The molecule has 0 bridgehead atoms. The summed E-state index contributed by atoms with van der Waals surface area (Å²) < 4.78 is 20.8. The molecule has 1 amide bonds. The molecule has 0 saturated carbocycles. The molecule has 3 N–H and O–H groups in total. The van der Waals surface area contributed by atoms with E-state index in [-0.39, 0.29) is 18.1 Å². The Morgan fingerprint density at radius 1 is 0.837 bits per heavy atom. The first-order valence-electron chi connectivity index (χ1n) is 16.5. The quantitative estimate of drug-likeness (QED) is 0.140. The number of H-pyrrole nitrogens is 2. The molecule has 0 unspecified atom stereocenters. The van der Waals surface area contributed by atoms with Crippen molar-refractivity contribution in [3.63, 3.8) is 0 Å². The maximum Gasteiger partial charge on any atom is 0.228 e. The number of aromatic nitrogens is 5. The maximum atomic E-state index is 14.8. The lowest BCUT2D eigenvalue weighted by Gasteiger charge is -2.15. The van der Waals surface area contributed by atoms with Gasteiger partial charge >= 0.3 is 0 Å². The molecule has 1 aliphatic rings. The van der Waals surface area contributed by atoms with Crippen molar-refractivity contribution in [1.29, 1.82) is 0 Å². The summed E-state index contributed by atoms with van der Waals surface area (Å²) in [5, 5.41) is 12.6. The number of likely N-dealkylation sites (tertiary alicyclic amines) is 1. The molecular weight excluding hydrogens is 617 g/mol. The molecule has 8 rings (SSSR count). The van der Waals surface area contributed by atoms with Gasteiger partial charge in [-0.3, -0.25) is 24.8 Å². The first kappa shape index (κ1) is 30.5. The number of pyridine rings is 2. The summed E-state index contributed by atoms with van der Waals surface area (Å²) in [4.78, 5) is 27.4. The Morgan fingerprint density at radius 2 is 1.69 bits per heavy atom. The van der Waals surface area contributed by atoms with Crippen molar-refractivity contribution in [3.8, 4) is 39.4 Å². The summed E-state index contributed by atoms with van der Waals surface area (Å²) in [6, 6.07) is 24.4. The predicted octanol–water partition coefficient (Wildman–Crippen LogP) is 7.63. The van der Waals surface area contributed by atoms with Gasteiger partial charge in [0, 0.05) is 46.9 Å². The summed E-state index contributed by atoms with van der Waals surface area (Å²) in [5.41, 5.74) is 8.06. The number of ether oxygens (including phenoxy) is 1. The highest BCUT2D eigenvalue weighted by atomic mass is 19.1. The number of nitrogens with zero attached hydrogens (tertiary/aromatic N) is 4. The maximum absolute atomic E-state index is 14.8. The third-order valence-corrected chi connectivity index (χ3v) is 8.98. The zero-order valence-corrected chi connectivity index (χ0v) is 26.7. The van der Waals surface area contributed by atoms with Crippen LogP contribution >= 0.6 is 0 Å². The molecule has 9 nitrogen and oxygen atoms in total. The van der Waals surface area contributed by atoms with Crippen molar-refractivity contribution in [2.75, 3.05) is 31.6 Å². The van der Waals surface area contributed by atoms with Crippen LogP contribution in [0.4, 0.5) is 10.1 Å². The summed E-state index contributed by atoms with van der Waals surface area (Å²) in [6.45, 7) is 3.52. The van der Waals surface area contributed by atoms with Gasteiger partial charge in [-0.25, -0.2) is 4.39 Å². The van der Waals surface area contributed by atoms with Gasteiger partial charge in [-0.15, -0.1) is 0 Å². The lowest BCUT2D eigenvalue weighted by Crippen LogP contribution is -2.25. The molecule has 7 aromatic rings. The van der Waals surface area contributed by atoms with Gasteiger partial charge in [0.15, 0.2) is 0 Å². The number of aromatic amines is 2. The topological polar surface area (TPSA) is 112 Å². The Hall–Kier alpha value is -5.87. The minimum Gasteiger partial charge on any atom is -0.492 e. The van der Waals surface area contributed by atoms with E-state index in [0.29, 0.717) is 23.6 Å². The average Bonchev–Trinajstić information content (AvgIpc) is 3.88. The molecule has 49 heavy (non-hydrogen) atoms. The van der Waals surface area contributed by atoms with E-state index in [1.807, 2.05) is 60.7 Å². The number of nitrogens with one attached hydrogen (secondary N) is 3. The Balaban J connectivity index is 1.06. The lowest BCUT2D eigenvalue weighted by molar-refractivity contribution is -0.115. The van der Waals surface area contributed by atoms with Crippen molar-refractivity contribution < 1.29 is 13.9 Å². The molecular formula is C39H34FN7O2. The number of carbonyl (C=O) groups is 1. The molecule has 244 valence electrons. The van der Waals surface area contributed by atoms with E-state index < -0.39 is 0 Å². The highest BCUT2D eigenvalue weighted by Gasteiger charge is 2.17. The van der Waals surface area contributed by atoms with Crippen molar-refractivity contribution in [2.24, 2.45) is 0 Å². The number of carbonyl (C=O) groups excluding carboxylic acids is 1. The van der Waals surface area contributed by atoms with Crippen molar-refractivity contribution in [1.82, 2.24) is 30.0 Å². The number of benzene rings is 3. The van der Waals surface area contributed by atoms with E-state index in [4.69, 9.17) is 4.74 Å². The Morgan fingerprint density at radius 3 is 2.57 bits per heavy atom. The Kier molecular flexibility index (Phi) is 8.28. The van der Waals surface area contributed by atoms with Crippen LogP contribution in [-0.2, 0) is 11.2 Å². The smallest absolute Gasteiger partial charge is 0.228 e. The minimum atomic E-state index is -0.360. The summed E-state index contributed by atoms with van der Waals surface area (Å²) in [6.07, 6.45) is 9.66. The zero-order chi connectivity index (χ0) is 33.2. The van der Waals surface area contributed by atoms with Gasteiger partial charge in [-0.1, -0.05) is 36.4 Å². The van der Waals surface area contributed by atoms with Gasteiger partial charge in [0.1, 0.15) is 23.9 Å². The normalized spacial score (nSPS) is 13.3. The summed E-state index contributed by atoms with van der Waals surface area (Å²) in [5.74, 6) is 0.0357. The van der Waals surface area contributed by atoms with E-state index >= 15 is 0 Å². The second-order valence-electron chi connectivity index (χ2n) is 12.4. The van der Waals surface area contributed by atoms with Crippen LogP contribution in [0.15, 0.2) is 104 Å². The number of anilines is 1. The fraction of sp³-hybridized carbons (Fsp3) is 0.179. The molecule has 1 fully saturated rings. The lowest BCUT2D eigenvalue weighted by atomic mass is 10.0. The molecule has 1 aliphatic heterocycles. The highest BCUT2D eigenvalue weighted by Crippen LogP contribution is 2.36. The van der Waals surface area contributed by atoms with E-state index in [0.717, 1.165) is 75.1 Å². The number of hydrogen-bond donors (Lipinski definition) is 3. The van der Waals surface area contributed by atoms with Crippen LogP contribution in [0.1, 0.15) is 18.4 Å². The van der Waals surface area contributed by atoms with Crippen molar-refractivity contribution >= 4 is 33.4 Å². The van der Waals surface area contributed by atoms with Crippen LogP contribution in [0, 0.1) is 5.82 Å². The standard InChI is InChI=1S/C39H34FN7O2/c40-29-15-27(17-31(19-29)49-13-12-47-10-4-5-11-47)34-23-42-24-37-32(34)20-36(44-37)39-33-18-26(8-9-35(33)45-46-39)28-16-30(22-41-21-28)43-38(48)14-25-6-2-1-3-7-25/h1-3,6-9,15-24,44H,4-5,10-14H2,(H,43,48)(H,45,46). The van der Waals surface area contributed by atoms with E-state index in [2.05, 4.69) is 41.4 Å². The largest absolute Gasteiger partial charge is 0.492 e. The van der Waals surface area contributed by atoms with Crippen LogP contribution in [-0.4, -0.2) is 62.2 Å². The second kappa shape index (κ2) is 13.3. The highest BCUT2D eigenvalue weighted by molar-refractivity contribution is 6.01. The third kappa shape index (κ3) is 6.63. The molecule has 0 radical (unpaired) electrons. The van der Waals surface area contributed by atoms with Gasteiger partial charge < -0.3 is 15.0 Å². The van der Waals surface area contributed by atoms with Gasteiger partial charge in [-0.05, 0) is 79.0 Å². The van der Waals surface area contributed by atoms with Crippen LogP contribution in [0.2, 0.25) is 0 Å². The molecule has 10 heteroatoms. The van der Waals surface area contributed by atoms with Crippen molar-refractivity contribution in [3.05, 3.63) is 115 Å². The molecule has 5 heterocycles. The molecule has 0 aliphatic carbocycles. The third-order valence-electron chi connectivity index (χ3n) is 8.98. The Labute approximate surface area is 282 Å². The minimum absolute atomic E-state index is 0.107. The number of amides is 1. The number of hydrogen-bond acceptors (Lipinski definition) is 6. The van der Waals surface area contributed by atoms with E-state index in [9.17, 15) is 9.18 Å². The van der Waals surface area contributed by atoms with Gasteiger partial charge in [0.2, 0.25) is 5.91 Å². The van der Waals surface area contributed by atoms with Gasteiger partial charge in [0.05, 0.1) is 41.2 Å². The number of rotatable bonds is 10. The van der Waals surface area contributed by atoms with E-state index in [1.165, 1.54) is 25.0 Å². The predicted molar refractivity (Wildman–Crippen MR) is 190 cm³/mol. The van der Waals surface area contributed by atoms with Crippen LogP contribution < -0.4 is 10.1 Å². The first-order valence-corrected chi connectivity index (χ1v) is 16.5. The van der Waals surface area contributed by atoms with Gasteiger partial charge in [-0.2, -0.15) is 5.10 Å². The SMILES string of the molecule is O=C(Cc1ccccc1)Nc1cncc(-c2ccc3[nH]nc(-c4cc5c(-c6cc(F)cc(OCCN7CCCC7)c6)cncc5[nH]4)c3c2)c1. The summed E-state index contributed by atoms with van der Waals surface area (Å²) >= 11 is 0. The molecule has 0 atom stereocenters. The van der Waals surface area contributed by atoms with E-state index in [1.54, 1.807) is 24.8 Å².